The van der Waals surface area contributed by atoms with Crippen LogP contribution in [-0.4, -0.2) is 59.8 Å². The van der Waals surface area contributed by atoms with Gasteiger partial charge in [0, 0.05) is 30.3 Å². The fraction of sp³-hybridized carbons (Fsp3) is 0.444. The zero-order valence-electron chi connectivity index (χ0n) is 21.1. The van der Waals surface area contributed by atoms with Gasteiger partial charge in [-0.3, -0.25) is 9.69 Å². The first kappa shape index (κ1) is 25.6. The first-order valence-corrected chi connectivity index (χ1v) is 14.4. The monoisotopic (exact) mass is 523 g/mol. The Balaban J connectivity index is 1.11. The third kappa shape index (κ3) is 6.08. The average molecular weight is 524 g/mol. The van der Waals surface area contributed by atoms with Gasteiger partial charge in [-0.15, -0.1) is 0 Å². The number of likely N-dealkylation sites (tertiary alicyclic amines) is 1. The fourth-order valence-corrected chi connectivity index (χ4v) is 6.49. The Morgan fingerprint density at radius 3 is 2.46 bits per heavy atom. The number of aromatic nitrogens is 2. The Bertz CT molecular complexity index is 1320. The van der Waals surface area contributed by atoms with E-state index in [2.05, 4.69) is 20.4 Å². The van der Waals surface area contributed by atoms with Gasteiger partial charge in [0.25, 0.3) is 0 Å². The van der Waals surface area contributed by atoms with Crippen molar-refractivity contribution in [3.8, 4) is 11.4 Å². The molecular formula is C27H33N5O4S. The second-order valence-corrected chi connectivity index (χ2v) is 11.8. The number of nitrogens with one attached hydrogen (secondary N) is 1. The van der Waals surface area contributed by atoms with Crippen molar-refractivity contribution < 1.29 is 17.7 Å². The molecule has 10 heteroatoms. The highest BCUT2D eigenvalue weighted by Crippen LogP contribution is 2.24. The molecule has 0 unspecified atom stereocenters. The predicted octanol–water partition coefficient (Wildman–Crippen LogP) is 4.07. The molecule has 1 aromatic heterocycles. The summed E-state index contributed by atoms with van der Waals surface area (Å²) in [6.45, 7) is 5.24. The first-order valence-electron chi connectivity index (χ1n) is 12.9. The number of aryl methyl sites for hydroxylation is 1. The highest BCUT2D eigenvalue weighted by atomic mass is 32.2. The number of piperidine rings is 2. The van der Waals surface area contributed by atoms with Gasteiger partial charge in [-0.25, -0.2) is 8.42 Å². The minimum atomic E-state index is -3.48. The van der Waals surface area contributed by atoms with Gasteiger partial charge < -0.3 is 9.84 Å². The van der Waals surface area contributed by atoms with E-state index in [0.717, 1.165) is 56.3 Å². The molecule has 9 nitrogen and oxygen atoms in total. The Morgan fingerprint density at radius 1 is 1.03 bits per heavy atom. The molecule has 3 aromatic rings. The molecular weight excluding hydrogens is 490 g/mol. The summed E-state index contributed by atoms with van der Waals surface area (Å²) in [6, 6.07) is 14.5. The lowest BCUT2D eigenvalue weighted by atomic mass is 9.96. The van der Waals surface area contributed by atoms with Crippen molar-refractivity contribution in [1.29, 1.82) is 0 Å². The summed E-state index contributed by atoms with van der Waals surface area (Å²) in [5.74, 6) is 1.02. The molecule has 3 heterocycles. The minimum Gasteiger partial charge on any atom is -0.338 e. The molecule has 0 spiro atoms. The summed E-state index contributed by atoms with van der Waals surface area (Å²) in [7, 11) is -3.48. The van der Waals surface area contributed by atoms with Crippen molar-refractivity contribution in [2.45, 2.75) is 50.5 Å². The Morgan fingerprint density at radius 2 is 1.76 bits per heavy atom. The summed E-state index contributed by atoms with van der Waals surface area (Å²) < 4.78 is 32.7. The van der Waals surface area contributed by atoms with Gasteiger partial charge in [-0.2, -0.15) is 9.29 Å². The van der Waals surface area contributed by atoms with Crippen LogP contribution in [0, 0.1) is 12.8 Å². The Kier molecular flexibility index (Phi) is 7.68. The smallest absolute Gasteiger partial charge is 0.243 e. The van der Waals surface area contributed by atoms with Crippen LogP contribution in [0.4, 0.5) is 5.69 Å². The molecule has 37 heavy (non-hydrogen) atoms. The third-order valence-electron chi connectivity index (χ3n) is 7.14. The van der Waals surface area contributed by atoms with E-state index in [1.807, 2.05) is 31.2 Å². The molecule has 2 saturated heterocycles. The van der Waals surface area contributed by atoms with Crippen LogP contribution in [-0.2, 0) is 21.4 Å². The second-order valence-electron chi connectivity index (χ2n) is 9.91. The van der Waals surface area contributed by atoms with E-state index < -0.39 is 10.0 Å². The number of hydrogen-bond acceptors (Lipinski definition) is 7. The summed E-state index contributed by atoms with van der Waals surface area (Å²) in [5.41, 5.74) is 2.68. The molecule has 5 rings (SSSR count). The van der Waals surface area contributed by atoms with Crippen molar-refractivity contribution in [3.63, 3.8) is 0 Å². The lowest BCUT2D eigenvalue weighted by Gasteiger charge is -2.30. The van der Waals surface area contributed by atoms with Gasteiger partial charge in [0.05, 0.1) is 11.4 Å². The summed E-state index contributed by atoms with van der Waals surface area (Å²) in [5, 5.41) is 7.07. The molecule has 2 aliphatic rings. The molecule has 2 fully saturated rings. The number of carbonyl (C=O) groups excluding carboxylic acids is 1. The quantitative estimate of drug-likeness (QED) is 0.497. The highest BCUT2D eigenvalue weighted by Gasteiger charge is 2.28. The van der Waals surface area contributed by atoms with Crippen LogP contribution < -0.4 is 5.32 Å². The van der Waals surface area contributed by atoms with Crippen molar-refractivity contribution >= 4 is 21.6 Å². The standard InChI is InChI=1S/C27H33N5O4S/c1-20-6-5-7-22(18-20)26-29-25(36-30-26)19-31-16-12-21(13-17-31)27(33)28-23-8-10-24(11-9-23)37(34,35)32-14-3-2-4-15-32/h5-11,18,21H,2-4,12-17,19H2,1H3,(H,28,33). The normalized spacial score (nSPS) is 18.1. The van der Waals surface area contributed by atoms with Crippen molar-refractivity contribution in [2.75, 3.05) is 31.5 Å². The SMILES string of the molecule is Cc1cccc(-c2noc(CN3CCC(C(=O)Nc4ccc(S(=O)(=O)N5CCCCC5)cc4)CC3)n2)c1. The number of rotatable bonds is 7. The summed E-state index contributed by atoms with van der Waals surface area (Å²) in [4.78, 5) is 19.9. The second kappa shape index (κ2) is 11.1. The number of benzene rings is 2. The number of sulfonamides is 1. The van der Waals surface area contributed by atoms with Gasteiger partial charge in [-0.05, 0) is 76.0 Å². The lowest BCUT2D eigenvalue weighted by Crippen LogP contribution is -2.37. The molecule has 0 radical (unpaired) electrons. The van der Waals surface area contributed by atoms with Crippen LogP contribution in [0.5, 0.6) is 0 Å². The largest absolute Gasteiger partial charge is 0.338 e. The molecule has 2 aliphatic heterocycles. The lowest BCUT2D eigenvalue weighted by molar-refractivity contribution is -0.121. The van der Waals surface area contributed by atoms with E-state index in [0.29, 0.717) is 37.0 Å². The molecule has 0 atom stereocenters. The van der Waals surface area contributed by atoms with E-state index in [1.165, 1.54) is 0 Å². The molecule has 1 N–H and O–H groups in total. The van der Waals surface area contributed by atoms with Crippen LogP contribution in [0.3, 0.4) is 0 Å². The topological polar surface area (TPSA) is 109 Å². The van der Waals surface area contributed by atoms with E-state index in [-0.39, 0.29) is 16.7 Å². The summed E-state index contributed by atoms with van der Waals surface area (Å²) in [6.07, 6.45) is 4.32. The highest BCUT2D eigenvalue weighted by molar-refractivity contribution is 7.89. The van der Waals surface area contributed by atoms with Gasteiger partial charge >= 0.3 is 0 Å². The molecule has 0 saturated carbocycles. The van der Waals surface area contributed by atoms with Gasteiger partial charge in [0.15, 0.2) is 0 Å². The maximum Gasteiger partial charge on any atom is 0.243 e. The van der Waals surface area contributed by atoms with Crippen LogP contribution in [0.1, 0.15) is 43.6 Å². The van der Waals surface area contributed by atoms with E-state index in [1.54, 1.807) is 28.6 Å². The van der Waals surface area contributed by atoms with E-state index in [9.17, 15) is 13.2 Å². The van der Waals surface area contributed by atoms with Gasteiger partial charge in [0.2, 0.25) is 27.6 Å². The van der Waals surface area contributed by atoms with E-state index >= 15 is 0 Å². The number of amides is 1. The zero-order chi connectivity index (χ0) is 25.8. The minimum absolute atomic E-state index is 0.0363. The third-order valence-corrected chi connectivity index (χ3v) is 9.05. The maximum absolute atomic E-state index is 12.9. The Labute approximate surface area is 217 Å². The van der Waals surface area contributed by atoms with Crippen molar-refractivity contribution in [2.24, 2.45) is 5.92 Å². The fourth-order valence-electron chi connectivity index (χ4n) is 4.97. The maximum atomic E-state index is 12.9. The molecule has 0 aliphatic carbocycles. The zero-order valence-corrected chi connectivity index (χ0v) is 21.9. The van der Waals surface area contributed by atoms with Crippen molar-refractivity contribution in [3.05, 3.63) is 60.0 Å². The van der Waals surface area contributed by atoms with Crippen LogP contribution in [0.2, 0.25) is 0 Å². The molecule has 0 bridgehead atoms. The average Bonchev–Trinajstić information content (AvgIpc) is 3.38. The van der Waals surface area contributed by atoms with Crippen LogP contribution in [0.25, 0.3) is 11.4 Å². The Hall–Kier alpha value is -3.08. The van der Waals surface area contributed by atoms with Crippen LogP contribution in [0.15, 0.2) is 57.9 Å². The molecule has 2 aromatic carbocycles. The summed E-state index contributed by atoms with van der Waals surface area (Å²) >= 11 is 0. The number of nitrogens with zero attached hydrogens (tertiary/aromatic N) is 4. The van der Waals surface area contributed by atoms with Crippen LogP contribution >= 0.6 is 0 Å². The molecule has 196 valence electrons. The number of carbonyl (C=O) groups is 1. The van der Waals surface area contributed by atoms with Gasteiger partial charge in [0.1, 0.15) is 0 Å². The van der Waals surface area contributed by atoms with Crippen molar-refractivity contribution in [1.82, 2.24) is 19.3 Å². The number of hydrogen-bond donors (Lipinski definition) is 1. The number of anilines is 1. The van der Waals surface area contributed by atoms with E-state index in [4.69, 9.17) is 4.52 Å². The van der Waals surface area contributed by atoms with Gasteiger partial charge in [-0.1, -0.05) is 35.3 Å². The molecule has 1 amide bonds. The predicted molar refractivity (Wildman–Crippen MR) is 140 cm³/mol. The first-order chi connectivity index (χ1) is 17.9.